The third kappa shape index (κ3) is 27.4. The van der Waals surface area contributed by atoms with Crippen LogP contribution in [0.15, 0.2) is 28.3 Å². The summed E-state index contributed by atoms with van der Waals surface area (Å²) in [6.07, 6.45) is 4.20. The van der Waals surface area contributed by atoms with Crippen LogP contribution < -0.4 is 11.5 Å². The molecule has 1 aliphatic rings. The van der Waals surface area contributed by atoms with E-state index in [1.165, 1.54) is 0 Å². The highest BCUT2D eigenvalue weighted by Gasteiger charge is 2.36. The second kappa shape index (κ2) is 34.2. The summed E-state index contributed by atoms with van der Waals surface area (Å²) in [5.41, 5.74) is 12.8. The van der Waals surface area contributed by atoms with E-state index >= 15 is 0 Å². The molecule has 1 heterocycles. The number of nitrogens with two attached hydrogens (primary N) is 2. The molecule has 0 radical (unpaired) electrons. The highest BCUT2D eigenvalue weighted by Crippen LogP contribution is 2.30. The molecule has 0 aromatic rings. The van der Waals surface area contributed by atoms with Gasteiger partial charge in [-0.05, 0) is 147 Å². The Bertz CT molecular complexity index is 1350. The number of carbonyl (C=O) groups is 1. The quantitative estimate of drug-likeness (QED) is 0.0537. The number of carbonyl (C=O) groups excluding carboxylic acids is 1. The number of unbranched alkanes of at least 4 members (excludes halogenated alkanes) is 1. The number of hydrogen-bond acceptors (Lipinski definition) is 13. The predicted octanol–water partition coefficient (Wildman–Crippen LogP) is 4.81. The normalized spacial score (nSPS) is 37.5. The molecule has 0 aliphatic carbocycles. The highest BCUT2D eigenvalue weighted by molar-refractivity contribution is 5.75. The number of aliphatic imine (C=N–C) groups is 1. The molecule has 0 saturated carbocycles. The van der Waals surface area contributed by atoms with Gasteiger partial charge in [-0.3, -0.25) is 9.79 Å². The van der Waals surface area contributed by atoms with Crippen LogP contribution >= 0.6 is 0 Å². The molecule has 15 atom stereocenters. The van der Waals surface area contributed by atoms with Crippen molar-refractivity contribution in [2.45, 2.75) is 250 Å². The van der Waals surface area contributed by atoms with Crippen molar-refractivity contribution in [1.29, 1.82) is 0 Å². The summed E-state index contributed by atoms with van der Waals surface area (Å²) in [4.78, 5) is 18.1. The lowest BCUT2D eigenvalue weighted by Gasteiger charge is -2.33. The van der Waals surface area contributed by atoms with Gasteiger partial charge in [0.1, 0.15) is 6.10 Å². The molecule has 0 aromatic heterocycles. The first kappa shape index (κ1) is 60.8. The van der Waals surface area contributed by atoms with Crippen molar-refractivity contribution in [3.63, 3.8) is 0 Å². The smallest absolute Gasteiger partial charge is 0.311 e. The Kier molecular flexibility index (Phi) is 32.0. The lowest BCUT2D eigenvalue weighted by molar-refractivity contribution is -0.165. The van der Waals surface area contributed by atoms with Crippen LogP contribution in [0, 0.1) is 23.7 Å². The largest absolute Gasteiger partial charge is 0.462 e. The summed E-state index contributed by atoms with van der Waals surface area (Å²) in [6, 6.07) is 0. The molecule has 14 N–H and O–H groups in total. The molecule has 0 fully saturated rings. The van der Waals surface area contributed by atoms with E-state index < -0.39 is 84.9 Å². The number of rotatable bonds is 7. The zero-order chi connectivity index (χ0) is 49.1. The van der Waals surface area contributed by atoms with Gasteiger partial charge in [-0.15, -0.1) is 0 Å². The SMILES string of the molecule is CCCCC1C(=O)OC(CCCN=C(N)N)C(C)C(O)C(C)/C=C(\C)CCCCC(O)CC(O)CC(O)CC(O)CC(O)C/C=C(\C)C(O)CCCC(O)CCCC(O)CCC(C)C1O. The molecule has 1 rings (SSSR count). The van der Waals surface area contributed by atoms with Crippen LogP contribution in [0.4, 0.5) is 0 Å². The summed E-state index contributed by atoms with van der Waals surface area (Å²) < 4.78 is 6.21. The average Bonchev–Trinajstić information content (AvgIpc) is 3.23. The highest BCUT2D eigenvalue weighted by atomic mass is 16.5. The van der Waals surface area contributed by atoms with Crippen LogP contribution in [0.3, 0.4) is 0 Å². The molecule has 0 aromatic carbocycles. The van der Waals surface area contributed by atoms with E-state index in [9.17, 15) is 55.9 Å². The summed E-state index contributed by atoms with van der Waals surface area (Å²) in [6.45, 7) is 11.7. The molecule has 382 valence electrons. The van der Waals surface area contributed by atoms with Crippen LogP contribution in [-0.2, 0) is 9.53 Å². The summed E-state index contributed by atoms with van der Waals surface area (Å²) in [5.74, 6) is -2.42. The Morgan fingerprint density at radius 1 is 0.662 bits per heavy atom. The van der Waals surface area contributed by atoms with Crippen molar-refractivity contribution >= 4 is 11.9 Å². The van der Waals surface area contributed by atoms with Crippen molar-refractivity contribution in [2.24, 2.45) is 40.1 Å². The minimum Gasteiger partial charge on any atom is -0.462 e. The summed E-state index contributed by atoms with van der Waals surface area (Å²) >= 11 is 0. The Hall–Kier alpha value is -2.18. The third-order valence-corrected chi connectivity index (χ3v) is 13.4. The van der Waals surface area contributed by atoms with Crippen LogP contribution in [0.1, 0.15) is 183 Å². The van der Waals surface area contributed by atoms with Gasteiger partial charge < -0.3 is 67.3 Å². The molecule has 0 spiro atoms. The van der Waals surface area contributed by atoms with E-state index in [0.29, 0.717) is 102 Å². The molecule has 15 heteroatoms. The van der Waals surface area contributed by atoms with Gasteiger partial charge in [0, 0.05) is 18.4 Å². The Morgan fingerprint density at radius 2 is 1.22 bits per heavy atom. The Morgan fingerprint density at radius 3 is 1.82 bits per heavy atom. The summed E-state index contributed by atoms with van der Waals surface area (Å²) in [7, 11) is 0. The number of aliphatic hydroxyl groups excluding tert-OH is 10. The number of guanidine groups is 1. The summed E-state index contributed by atoms with van der Waals surface area (Å²) in [5, 5.41) is 108. The predicted molar refractivity (Wildman–Crippen MR) is 256 cm³/mol. The second-order valence-electron chi connectivity index (χ2n) is 19.8. The monoisotopic (exact) mass is 930 g/mol. The minimum absolute atomic E-state index is 0.0133. The van der Waals surface area contributed by atoms with Crippen LogP contribution in [0.25, 0.3) is 0 Å². The maximum atomic E-state index is 14.0. The number of esters is 1. The minimum atomic E-state index is -1.02. The van der Waals surface area contributed by atoms with Gasteiger partial charge >= 0.3 is 5.97 Å². The van der Waals surface area contributed by atoms with E-state index in [1.807, 2.05) is 40.7 Å². The second-order valence-corrected chi connectivity index (χ2v) is 19.8. The van der Waals surface area contributed by atoms with E-state index in [-0.39, 0.29) is 49.9 Å². The molecular weight excluding hydrogens is 835 g/mol. The van der Waals surface area contributed by atoms with Crippen molar-refractivity contribution in [2.75, 3.05) is 6.54 Å². The van der Waals surface area contributed by atoms with Crippen molar-refractivity contribution in [1.82, 2.24) is 0 Å². The van der Waals surface area contributed by atoms with Gasteiger partial charge in [0.15, 0.2) is 5.96 Å². The first-order valence-electron chi connectivity index (χ1n) is 25.0. The van der Waals surface area contributed by atoms with Gasteiger partial charge in [0.25, 0.3) is 0 Å². The van der Waals surface area contributed by atoms with Gasteiger partial charge in [-0.25, -0.2) is 0 Å². The first-order chi connectivity index (χ1) is 30.6. The van der Waals surface area contributed by atoms with Crippen LogP contribution in [0.2, 0.25) is 0 Å². The average molecular weight is 930 g/mol. The number of aliphatic hydroxyl groups is 10. The van der Waals surface area contributed by atoms with Gasteiger partial charge in [-0.2, -0.15) is 0 Å². The molecule has 65 heavy (non-hydrogen) atoms. The number of nitrogens with zero attached hydrogens (tertiary/aromatic N) is 1. The fourth-order valence-corrected chi connectivity index (χ4v) is 9.02. The number of cyclic esters (lactones) is 1. The fourth-order valence-electron chi connectivity index (χ4n) is 9.02. The van der Waals surface area contributed by atoms with Crippen molar-refractivity contribution in [3.8, 4) is 0 Å². The van der Waals surface area contributed by atoms with Crippen LogP contribution in [0.5, 0.6) is 0 Å². The molecule has 1 aliphatic heterocycles. The molecule has 15 nitrogen and oxygen atoms in total. The van der Waals surface area contributed by atoms with E-state index in [0.717, 1.165) is 24.8 Å². The molecule has 0 amide bonds. The van der Waals surface area contributed by atoms with Gasteiger partial charge in [0.2, 0.25) is 0 Å². The Labute approximate surface area is 391 Å². The Balaban J connectivity index is 3.19. The maximum Gasteiger partial charge on any atom is 0.311 e. The molecule has 0 bridgehead atoms. The molecular formula is C50H95N3O12. The third-order valence-electron chi connectivity index (χ3n) is 13.4. The lowest BCUT2D eigenvalue weighted by Crippen LogP contribution is -2.41. The van der Waals surface area contributed by atoms with E-state index in [4.69, 9.17) is 16.2 Å². The van der Waals surface area contributed by atoms with Gasteiger partial charge in [0.05, 0.1) is 67.0 Å². The topological polar surface area (TPSA) is 293 Å². The number of hydrogen-bond donors (Lipinski definition) is 12. The van der Waals surface area contributed by atoms with Crippen molar-refractivity contribution in [3.05, 3.63) is 23.3 Å². The zero-order valence-electron chi connectivity index (χ0n) is 41.0. The van der Waals surface area contributed by atoms with Crippen LogP contribution in [-0.4, -0.2) is 137 Å². The zero-order valence-corrected chi connectivity index (χ0v) is 41.0. The number of ether oxygens (including phenoxy) is 1. The van der Waals surface area contributed by atoms with E-state index in [2.05, 4.69) is 4.99 Å². The van der Waals surface area contributed by atoms with Crippen molar-refractivity contribution < 1.29 is 60.6 Å². The first-order valence-corrected chi connectivity index (χ1v) is 25.0. The van der Waals surface area contributed by atoms with Gasteiger partial charge in [-0.1, -0.05) is 64.7 Å². The molecule has 0 saturated heterocycles. The van der Waals surface area contributed by atoms with E-state index in [1.54, 1.807) is 13.0 Å². The molecule has 15 unspecified atom stereocenters. The lowest BCUT2D eigenvalue weighted by atomic mass is 9.84. The number of allylic oxidation sites excluding steroid dienone is 1. The standard InChI is InChI=1S/C50H95N3O12/c1-7-8-19-44-48(63)34(4)23-24-38(55)17-11-16-37(54)18-12-20-45(61)33(3)22-25-40(57)29-42(59)31-43(60)30-41(58)28-39(56)15-10-9-14-32(2)27-35(5)47(62)36(6)46(65-49(44)64)21-13-26-53-50(51)52/h22,27,34-48,54-63H,7-21,23-26,28-31H2,1-6H3,(H4,51,52,53)/b32-27+,33-22+. The maximum absolute atomic E-state index is 14.0. The fraction of sp³-hybridized carbons (Fsp3) is 0.880.